The van der Waals surface area contributed by atoms with Crippen molar-refractivity contribution in [3.05, 3.63) is 53.9 Å². The molecule has 1 heterocycles. The molecular weight excluding hydrogens is 286 g/mol. The molecule has 0 amide bonds. The highest BCUT2D eigenvalue weighted by Crippen LogP contribution is 2.23. The van der Waals surface area contributed by atoms with Gasteiger partial charge in [-0.25, -0.2) is 0 Å². The Balaban J connectivity index is 2.04. The zero-order chi connectivity index (χ0) is 14.9. The van der Waals surface area contributed by atoms with Crippen molar-refractivity contribution in [3.8, 4) is 23.3 Å². The zero-order valence-electron chi connectivity index (χ0n) is 11.8. The molecule has 0 aliphatic heterocycles. The van der Waals surface area contributed by atoms with Crippen molar-refractivity contribution in [2.75, 3.05) is 19.6 Å². The molecule has 108 valence electrons. The van der Waals surface area contributed by atoms with E-state index in [1.54, 1.807) is 19.5 Å². The molecule has 0 unspecified atom stereocenters. The summed E-state index contributed by atoms with van der Waals surface area (Å²) in [4.78, 5) is 3.99. The summed E-state index contributed by atoms with van der Waals surface area (Å²) in [6.07, 6.45) is 4.37. The summed E-state index contributed by atoms with van der Waals surface area (Å²) in [5, 5.41) is 0. The summed E-state index contributed by atoms with van der Waals surface area (Å²) >= 11 is 5.61. The van der Waals surface area contributed by atoms with Gasteiger partial charge in [-0.2, -0.15) is 0 Å². The molecule has 0 N–H and O–H groups in total. The number of methoxy groups -OCH3 is 1. The second-order valence-corrected chi connectivity index (χ2v) is 4.52. The maximum Gasteiger partial charge on any atom is 0.135 e. The molecule has 0 saturated carbocycles. The number of benzene rings is 1. The van der Waals surface area contributed by atoms with Crippen LogP contribution in [0.5, 0.6) is 11.5 Å². The average molecular weight is 302 g/mol. The predicted octanol–water partition coefficient (Wildman–Crippen LogP) is 3.30. The third-order valence-electron chi connectivity index (χ3n) is 2.87. The minimum absolute atomic E-state index is 0.285. The molecule has 1 aromatic heterocycles. The SMILES string of the molecule is COc1ccc(OCCc2ccncc2)c(C#CCCl)c1. The lowest BCUT2D eigenvalue weighted by atomic mass is 10.2. The van der Waals surface area contributed by atoms with Crippen LogP contribution in [0, 0.1) is 11.8 Å². The predicted molar refractivity (Wildman–Crippen MR) is 84.0 cm³/mol. The van der Waals surface area contributed by atoms with Crippen LogP contribution in [0.4, 0.5) is 0 Å². The number of pyridine rings is 1. The van der Waals surface area contributed by atoms with Gasteiger partial charge in [-0.05, 0) is 35.9 Å². The van der Waals surface area contributed by atoms with Crippen LogP contribution in [0.15, 0.2) is 42.7 Å². The Bertz CT molecular complexity index is 632. The Kier molecular flexibility index (Phi) is 5.93. The molecule has 2 rings (SSSR count). The lowest BCUT2D eigenvalue weighted by Gasteiger charge is -2.10. The van der Waals surface area contributed by atoms with Gasteiger partial charge in [-0.1, -0.05) is 11.8 Å². The first-order valence-corrected chi connectivity index (χ1v) is 7.11. The average Bonchev–Trinajstić information content (AvgIpc) is 2.54. The number of ether oxygens (including phenoxy) is 2. The van der Waals surface area contributed by atoms with Crippen molar-refractivity contribution < 1.29 is 9.47 Å². The van der Waals surface area contributed by atoms with Crippen LogP contribution < -0.4 is 9.47 Å². The largest absolute Gasteiger partial charge is 0.497 e. The number of halogens is 1. The van der Waals surface area contributed by atoms with Crippen LogP contribution in [-0.4, -0.2) is 24.6 Å². The molecule has 0 spiro atoms. The van der Waals surface area contributed by atoms with E-state index < -0.39 is 0 Å². The molecule has 3 nitrogen and oxygen atoms in total. The normalized spacial score (nSPS) is 9.62. The Morgan fingerprint density at radius 1 is 1.19 bits per heavy atom. The minimum atomic E-state index is 0.285. The number of alkyl halides is 1. The Labute approximate surface area is 129 Å². The van der Waals surface area contributed by atoms with Gasteiger partial charge in [0.15, 0.2) is 0 Å². The van der Waals surface area contributed by atoms with Crippen molar-refractivity contribution in [1.82, 2.24) is 4.98 Å². The van der Waals surface area contributed by atoms with E-state index in [-0.39, 0.29) is 5.88 Å². The van der Waals surface area contributed by atoms with Crippen molar-refractivity contribution >= 4 is 11.6 Å². The second-order valence-electron chi connectivity index (χ2n) is 4.25. The third-order valence-corrected chi connectivity index (χ3v) is 3.01. The van der Waals surface area contributed by atoms with Gasteiger partial charge in [0.2, 0.25) is 0 Å². The van der Waals surface area contributed by atoms with Gasteiger partial charge in [-0.15, -0.1) is 11.6 Å². The quantitative estimate of drug-likeness (QED) is 0.627. The molecule has 0 aliphatic rings. The number of nitrogens with zero attached hydrogens (tertiary/aromatic N) is 1. The van der Waals surface area contributed by atoms with Crippen LogP contribution in [0.1, 0.15) is 11.1 Å². The van der Waals surface area contributed by atoms with Gasteiger partial charge in [0.05, 0.1) is 25.2 Å². The standard InChI is InChI=1S/C17H16ClNO2/c1-20-16-4-5-17(15(13-16)3-2-9-18)21-12-8-14-6-10-19-11-7-14/h4-7,10-11,13H,8-9,12H2,1H3. The Morgan fingerprint density at radius 2 is 2.00 bits per heavy atom. The van der Waals surface area contributed by atoms with E-state index >= 15 is 0 Å². The molecule has 4 heteroatoms. The maximum absolute atomic E-state index is 5.82. The first-order valence-electron chi connectivity index (χ1n) is 6.58. The van der Waals surface area contributed by atoms with Gasteiger partial charge in [0.25, 0.3) is 0 Å². The van der Waals surface area contributed by atoms with E-state index in [1.807, 2.05) is 30.3 Å². The minimum Gasteiger partial charge on any atom is -0.497 e. The van der Waals surface area contributed by atoms with Crippen molar-refractivity contribution in [2.24, 2.45) is 0 Å². The van der Waals surface area contributed by atoms with E-state index in [0.29, 0.717) is 6.61 Å². The highest BCUT2D eigenvalue weighted by molar-refractivity contribution is 6.19. The lowest BCUT2D eigenvalue weighted by Crippen LogP contribution is -2.03. The van der Waals surface area contributed by atoms with Crippen molar-refractivity contribution in [1.29, 1.82) is 0 Å². The smallest absolute Gasteiger partial charge is 0.135 e. The van der Waals surface area contributed by atoms with Crippen LogP contribution in [0.3, 0.4) is 0 Å². The molecular formula is C17H16ClNO2. The Hall–Kier alpha value is -2.18. The molecule has 0 radical (unpaired) electrons. The van der Waals surface area contributed by atoms with Gasteiger partial charge >= 0.3 is 0 Å². The highest BCUT2D eigenvalue weighted by atomic mass is 35.5. The molecule has 21 heavy (non-hydrogen) atoms. The van der Waals surface area contributed by atoms with E-state index in [2.05, 4.69) is 16.8 Å². The van der Waals surface area contributed by atoms with E-state index in [1.165, 1.54) is 5.56 Å². The van der Waals surface area contributed by atoms with Gasteiger partial charge < -0.3 is 9.47 Å². The summed E-state index contributed by atoms with van der Waals surface area (Å²) in [6.45, 7) is 0.575. The van der Waals surface area contributed by atoms with Crippen molar-refractivity contribution in [3.63, 3.8) is 0 Å². The van der Waals surface area contributed by atoms with Crippen molar-refractivity contribution in [2.45, 2.75) is 6.42 Å². The number of hydrogen-bond donors (Lipinski definition) is 0. The summed E-state index contributed by atoms with van der Waals surface area (Å²) in [6, 6.07) is 9.52. The first kappa shape index (κ1) is 15.2. The van der Waals surface area contributed by atoms with E-state index in [4.69, 9.17) is 21.1 Å². The summed E-state index contributed by atoms with van der Waals surface area (Å²) < 4.78 is 11.0. The third kappa shape index (κ3) is 4.70. The van der Waals surface area contributed by atoms with Gasteiger partial charge in [0.1, 0.15) is 11.5 Å². The number of rotatable bonds is 5. The summed E-state index contributed by atoms with van der Waals surface area (Å²) in [5.74, 6) is 7.59. The summed E-state index contributed by atoms with van der Waals surface area (Å²) in [7, 11) is 1.62. The molecule has 0 bridgehead atoms. The fourth-order valence-corrected chi connectivity index (χ4v) is 1.88. The van der Waals surface area contributed by atoms with Gasteiger partial charge in [0, 0.05) is 18.8 Å². The van der Waals surface area contributed by atoms with Crippen LogP contribution >= 0.6 is 11.6 Å². The van der Waals surface area contributed by atoms with Crippen LogP contribution in [0.2, 0.25) is 0 Å². The topological polar surface area (TPSA) is 31.4 Å². The fraction of sp³-hybridized carbons (Fsp3) is 0.235. The first-order chi connectivity index (χ1) is 10.3. The van der Waals surface area contributed by atoms with Crippen LogP contribution in [0.25, 0.3) is 0 Å². The number of aromatic nitrogens is 1. The second kappa shape index (κ2) is 8.18. The molecule has 1 aromatic carbocycles. The molecule has 0 atom stereocenters. The molecule has 0 saturated heterocycles. The van der Waals surface area contributed by atoms with Gasteiger partial charge in [-0.3, -0.25) is 4.98 Å². The highest BCUT2D eigenvalue weighted by Gasteiger charge is 2.04. The van der Waals surface area contributed by atoms with E-state index in [0.717, 1.165) is 23.5 Å². The fourth-order valence-electron chi connectivity index (χ4n) is 1.82. The Morgan fingerprint density at radius 3 is 2.71 bits per heavy atom. The number of hydrogen-bond acceptors (Lipinski definition) is 3. The molecule has 2 aromatic rings. The lowest BCUT2D eigenvalue weighted by molar-refractivity contribution is 0.320. The maximum atomic E-state index is 5.82. The molecule has 0 aliphatic carbocycles. The molecule has 0 fully saturated rings. The van der Waals surface area contributed by atoms with Crippen LogP contribution in [-0.2, 0) is 6.42 Å². The summed E-state index contributed by atoms with van der Waals surface area (Å²) in [5.41, 5.74) is 1.97. The zero-order valence-corrected chi connectivity index (χ0v) is 12.6. The monoisotopic (exact) mass is 301 g/mol. The van der Waals surface area contributed by atoms with E-state index in [9.17, 15) is 0 Å².